The number of hydrogen-bond acceptors (Lipinski definition) is 12. The Labute approximate surface area is 335 Å². The van der Waals surface area contributed by atoms with E-state index >= 15 is 0 Å². The number of nitrogens with zero attached hydrogens (tertiary/aromatic N) is 3. The van der Waals surface area contributed by atoms with Gasteiger partial charge in [0, 0.05) is 19.6 Å². The maximum absolute atomic E-state index is 13.6. The van der Waals surface area contributed by atoms with Gasteiger partial charge in [-0.05, 0) is 102 Å². The smallest absolute Gasteiger partial charge is 0.410 e. The summed E-state index contributed by atoms with van der Waals surface area (Å²) >= 11 is 0. The van der Waals surface area contributed by atoms with Crippen LogP contribution in [0.2, 0.25) is 0 Å². The molecule has 330 valence electrons. The van der Waals surface area contributed by atoms with Crippen LogP contribution in [0.5, 0.6) is 0 Å². The number of piperidine rings is 3. The Balaban J connectivity index is 0.000000427. The van der Waals surface area contributed by atoms with Gasteiger partial charge in [-0.2, -0.15) is 0 Å². The average molecular weight is 826 g/mol. The number of halogens is 3. The third kappa shape index (κ3) is 20.3. The Bertz CT molecular complexity index is 1180. The van der Waals surface area contributed by atoms with E-state index in [0.717, 1.165) is 0 Å². The Morgan fingerprint density at radius 1 is 0.439 bits per heavy atom. The first-order valence-electron chi connectivity index (χ1n) is 19.5. The molecular weight excluding hydrogens is 759 g/mol. The molecule has 3 heterocycles. The molecule has 3 aliphatic rings. The van der Waals surface area contributed by atoms with Crippen molar-refractivity contribution in [1.82, 2.24) is 14.7 Å². The minimum atomic E-state index is -1.23. The molecule has 3 amide bonds. The van der Waals surface area contributed by atoms with Crippen LogP contribution in [0.1, 0.15) is 102 Å². The van der Waals surface area contributed by atoms with E-state index in [-0.39, 0.29) is 78.4 Å². The van der Waals surface area contributed by atoms with E-state index in [1.165, 1.54) is 14.7 Å². The summed E-state index contributed by atoms with van der Waals surface area (Å²) in [6.07, 6.45) is -5.17. The number of rotatable bonds is 6. The molecule has 0 spiro atoms. The summed E-state index contributed by atoms with van der Waals surface area (Å²) in [6.45, 7) is 21.8. The highest BCUT2D eigenvalue weighted by Crippen LogP contribution is 2.25. The lowest BCUT2D eigenvalue weighted by Crippen LogP contribution is -2.49. The molecule has 3 rings (SSSR count). The Morgan fingerprint density at radius 2 is 0.649 bits per heavy atom. The van der Waals surface area contributed by atoms with E-state index in [1.54, 1.807) is 83.1 Å². The molecule has 15 nitrogen and oxygen atoms in total. The van der Waals surface area contributed by atoms with Crippen molar-refractivity contribution >= 4 is 36.2 Å². The van der Waals surface area contributed by atoms with Gasteiger partial charge < -0.3 is 43.1 Å². The lowest BCUT2D eigenvalue weighted by Gasteiger charge is -2.34. The largest absolute Gasteiger partial charge is 0.466 e. The summed E-state index contributed by atoms with van der Waals surface area (Å²) in [5.74, 6) is -3.22. The molecule has 3 fully saturated rings. The zero-order chi connectivity index (χ0) is 43.9. The molecule has 6 unspecified atom stereocenters. The fourth-order valence-corrected chi connectivity index (χ4v) is 5.83. The molecule has 0 aromatic heterocycles. The van der Waals surface area contributed by atoms with Crippen molar-refractivity contribution in [2.24, 2.45) is 17.8 Å². The van der Waals surface area contributed by atoms with Gasteiger partial charge in [0.25, 0.3) is 0 Å². The van der Waals surface area contributed by atoms with Crippen molar-refractivity contribution in [1.29, 1.82) is 0 Å². The summed E-state index contributed by atoms with van der Waals surface area (Å²) in [5, 5.41) is 0. The van der Waals surface area contributed by atoms with Crippen LogP contribution in [0.3, 0.4) is 0 Å². The van der Waals surface area contributed by atoms with E-state index in [9.17, 15) is 41.9 Å². The normalized spacial score (nSPS) is 23.9. The fourth-order valence-electron chi connectivity index (χ4n) is 5.83. The van der Waals surface area contributed by atoms with Crippen LogP contribution < -0.4 is 0 Å². The maximum Gasteiger partial charge on any atom is 0.410 e. The van der Waals surface area contributed by atoms with E-state index < -0.39 is 89.3 Å². The standard InChI is InChI=1S/3C13H22FNO4/c3*1-5-18-11(16)9-6-10(14)8-15(7-9)12(17)19-13(2,3)4/h3*9-10H,5-8H2,1-4H3. The predicted molar refractivity (Wildman–Crippen MR) is 202 cm³/mol. The van der Waals surface area contributed by atoms with Crippen molar-refractivity contribution in [3.63, 3.8) is 0 Å². The van der Waals surface area contributed by atoms with Gasteiger partial charge in [-0.25, -0.2) is 27.6 Å². The third-order valence-electron chi connectivity index (χ3n) is 8.01. The van der Waals surface area contributed by atoms with Crippen LogP contribution in [0.25, 0.3) is 0 Å². The summed E-state index contributed by atoms with van der Waals surface area (Å²) in [5.41, 5.74) is -1.92. The molecule has 6 atom stereocenters. The summed E-state index contributed by atoms with van der Waals surface area (Å²) in [4.78, 5) is 74.2. The van der Waals surface area contributed by atoms with E-state index in [4.69, 9.17) is 28.4 Å². The quantitative estimate of drug-likeness (QED) is 0.213. The molecule has 0 bridgehead atoms. The summed E-state index contributed by atoms with van der Waals surface area (Å²) in [7, 11) is 0. The second kappa shape index (κ2) is 22.8. The fraction of sp³-hybridized carbons (Fsp3) is 0.846. The van der Waals surface area contributed by atoms with Gasteiger partial charge in [0.2, 0.25) is 0 Å². The van der Waals surface area contributed by atoms with E-state index in [0.29, 0.717) is 0 Å². The second-order valence-corrected chi connectivity index (χ2v) is 17.0. The number of alkyl halides is 3. The zero-order valence-electron chi connectivity index (χ0n) is 35.8. The first kappa shape index (κ1) is 51.0. The average Bonchev–Trinajstić information content (AvgIpc) is 3.06. The summed E-state index contributed by atoms with van der Waals surface area (Å²) < 4.78 is 71.0. The van der Waals surface area contributed by atoms with Gasteiger partial charge >= 0.3 is 36.2 Å². The number of likely N-dealkylation sites (tertiary alicyclic amines) is 3. The molecule has 0 aliphatic carbocycles. The van der Waals surface area contributed by atoms with Crippen molar-refractivity contribution in [2.75, 3.05) is 59.1 Å². The number of carbonyl (C=O) groups excluding carboxylic acids is 6. The van der Waals surface area contributed by atoms with Gasteiger partial charge in [0.15, 0.2) is 0 Å². The van der Waals surface area contributed by atoms with Crippen LogP contribution in [0.15, 0.2) is 0 Å². The molecular formula is C39H66F3N3O12. The topological polar surface area (TPSA) is 168 Å². The van der Waals surface area contributed by atoms with Crippen LogP contribution in [0.4, 0.5) is 27.6 Å². The lowest BCUT2D eigenvalue weighted by atomic mass is 9.97. The van der Waals surface area contributed by atoms with Crippen molar-refractivity contribution in [3.05, 3.63) is 0 Å². The van der Waals surface area contributed by atoms with Crippen LogP contribution >= 0.6 is 0 Å². The van der Waals surface area contributed by atoms with Gasteiger partial charge in [-0.1, -0.05) is 0 Å². The first-order chi connectivity index (χ1) is 26.2. The molecule has 0 aromatic rings. The number of carbonyl (C=O) groups is 6. The monoisotopic (exact) mass is 825 g/mol. The second-order valence-electron chi connectivity index (χ2n) is 17.0. The number of hydrogen-bond donors (Lipinski definition) is 0. The van der Waals surface area contributed by atoms with Crippen molar-refractivity contribution in [3.8, 4) is 0 Å². The van der Waals surface area contributed by atoms with Crippen LogP contribution in [-0.2, 0) is 42.8 Å². The number of ether oxygens (including phenoxy) is 6. The van der Waals surface area contributed by atoms with Crippen molar-refractivity contribution < 1.29 is 70.4 Å². The van der Waals surface area contributed by atoms with Crippen LogP contribution in [-0.4, -0.2) is 145 Å². The highest BCUT2D eigenvalue weighted by Gasteiger charge is 2.39. The third-order valence-corrected chi connectivity index (χ3v) is 8.01. The SMILES string of the molecule is CCOC(=O)C1CC(F)CN(C(=O)OC(C)(C)C)C1.CCOC(=O)C1CC(F)CN(C(=O)OC(C)(C)C)C1.CCOC(=O)C1CC(F)CN(C(=O)OC(C)(C)C)C1. The van der Waals surface area contributed by atoms with Gasteiger partial charge in [0.05, 0.1) is 57.2 Å². The van der Waals surface area contributed by atoms with Gasteiger partial charge in [-0.3, -0.25) is 14.4 Å². The molecule has 0 radical (unpaired) electrons. The van der Waals surface area contributed by atoms with Crippen molar-refractivity contribution in [2.45, 2.75) is 138 Å². The van der Waals surface area contributed by atoms with Crippen LogP contribution in [0, 0.1) is 17.8 Å². The van der Waals surface area contributed by atoms with Gasteiger partial charge in [-0.15, -0.1) is 0 Å². The molecule has 57 heavy (non-hydrogen) atoms. The molecule has 3 aliphatic heterocycles. The molecule has 18 heteroatoms. The van der Waals surface area contributed by atoms with Gasteiger partial charge in [0.1, 0.15) is 35.3 Å². The highest BCUT2D eigenvalue weighted by molar-refractivity contribution is 5.76. The lowest BCUT2D eigenvalue weighted by molar-refractivity contribution is -0.151. The summed E-state index contributed by atoms with van der Waals surface area (Å²) in [6, 6.07) is 0. The zero-order valence-corrected chi connectivity index (χ0v) is 35.8. The molecule has 0 aromatic carbocycles. The molecule has 0 saturated carbocycles. The maximum atomic E-state index is 13.6. The number of amides is 3. The number of esters is 3. The first-order valence-corrected chi connectivity index (χ1v) is 19.5. The van der Waals surface area contributed by atoms with E-state index in [1.807, 2.05) is 0 Å². The Kier molecular flexibility index (Phi) is 20.4. The minimum absolute atomic E-state index is 0.0369. The Hall–Kier alpha value is -3.99. The van der Waals surface area contributed by atoms with E-state index in [2.05, 4.69) is 0 Å². The molecule has 3 saturated heterocycles. The highest BCUT2D eigenvalue weighted by atomic mass is 19.1. The minimum Gasteiger partial charge on any atom is -0.466 e. The predicted octanol–water partition coefficient (Wildman–Crippen LogP) is 6.43. The Morgan fingerprint density at radius 3 is 0.825 bits per heavy atom. The molecule has 0 N–H and O–H groups in total.